The lowest BCUT2D eigenvalue weighted by Gasteiger charge is -2.28. The SMILES string of the molecule is COCCCNC(c1nccs1)N1CC[C@H](N2CCCS2(=O)=O)C1. The van der Waals surface area contributed by atoms with Gasteiger partial charge in [0.1, 0.15) is 11.2 Å². The van der Waals surface area contributed by atoms with E-state index in [2.05, 4.69) is 15.2 Å². The Kier molecular flexibility index (Phi) is 6.22. The Morgan fingerprint density at radius 1 is 1.50 bits per heavy atom. The first-order valence-electron chi connectivity index (χ1n) is 8.47. The molecule has 2 saturated heterocycles. The van der Waals surface area contributed by atoms with Gasteiger partial charge in [-0.05, 0) is 25.8 Å². The minimum atomic E-state index is -3.04. The molecule has 136 valence electrons. The van der Waals surface area contributed by atoms with Crippen LogP contribution in [0.5, 0.6) is 0 Å². The van der Waals surface area contributed by atoms with Gasteiger partial charge in [-0.2, -0.15) is 4.31 Å². The van der Waals surface area contributed by atoms with E-state index in [1.165, 1.54) is 0 Å². The summed E-state index contributed by atoms with van der Waals surface area (Å²) in [6, 6.07) is 0.0979. The molecular weight excluding hydrogens is 348 g/mol. The maximum Gasteiger partial charge on any atom is 0.214 e. The number of hydrogen-bond donors (Lipinski definition) is 1. The molecule has 2 atom stereocenters. The molecule has 0 saturated carbocycles. The molecule has 3 heterocycles. The van der Waals surface area contributed by atoms with Gasteiger partial charge in [-0.3, -0.25) is 10.2 Å². The first-order chi connectivity index (χ1) is 11.6. The molecule has 0 amide bonds. The number of nitrogens with one attached hydrogen (secondary N) is 1. The Balaban J connectivity index is 1.63. The largest absolute Gasteiger partial charge is 0.385 e. The zero-order valence-corrected chi connectivity index (χ0v) is 15.7. The summed E-state index contributed by atoms with van der Waals surface area (Å²) in [5, 5.41) is 6.58. The summed E-state index contributed by atoms with van der Waals surface area (Å²) in [5.74, 6) is 0.300. The molecule has 1 N–H and O–H groups in total. The van der Waals surface area contributed by atoms with Crippen LogP contribution in [0.15, 0.2) is 11.6 Å². The summed E-state index contributed by atoms with van der Waals surface area (Å²) in [5.41, 5.74) is 0. The number of ether oxygens (including phenoxy) is 1. The molecule has 1 unspecified atom stereocenters. The molecule has 2 fully saturated rings. The lowest BCUT2D eigenvalue weighted by atomic mass is 10.2. The van der Waals surface area contributed by atoms with Gasteiger partial charge in [-0.15, -0.1) is 11.3 Å². The van der Waals surface area contributed by atoms with Gasteiger partial charge in [-0.25, -0.2) is 13.4 Å². The first kappa shape index (κ1) is 18.2. The summed E-state index contributed by atoms with van der Waals surface area (Å²) in [7, 11) is -1.33. The summed E-state index contributed by atoms with van der Waals surface area (Å²) in [6.07, 6.45) is 4.46. The monoisotopic (exact) mass is 374 g/mol. The van der Waals surface area contributed by atoms with Crippen molar-refractivity contribution in [1.29, 1.82) is 0 Å². The van der Waals surface area contributed by atoms with Crippen molar-refractivity contribution >= 4 is 21.4 Å². The lowest BCUT2D eigenvalue weighted by molar-refractivity contribution is 0.170. The van der Waals surface area contributed by atoms with E-state index in [9.17, 15) is 8.42 Å². The Hall–Kier alpha value is -0.580. The standard InChI is InChI=1S/C15H26N4O3S2/c1-22-9-2-5-16-14(15-17-6-10-23-15)18-8-4-13(12-18)19-7-3-11-24(19,20)21/h6,10,13-14,16H,2-5,7-9,11-12H2,1H3/t13-,14?/m0/s1. The fourth-order valence-corrected chi connectivity index (χ4v) is 6.01. The van der Waals surface area contributed by atoms with E-state index in [1.807, 2.05) is 11.6 Å². The molecule has 3 rings (SSSR count). The van der Waals surface area contributed by atoms with Gasteiger partial charge in [0, 0.05) is 51.0 Å². The van der Waals surface area contributed by atoms with Crippen LogP contribution in [0.3, 0.4) is 0 Å². The number of nitrogens with zero attached hydrogens (tertiary/aromatic N) is 3. The Morgan fingerprint density at radius 3 is 3.04 bits per heavy atom. The predicted octanol–water partition coefficient (Wildman–Crippen LogP) is 0.878. The molecule has 0 spiro atoms. The van der Waals surface area contributed by atoms with Crippen molar-refractivity contribution in [2.24, 2.45) is 0 Å². The minimum absolute atomic E-state index is 0.0529. The van der Waals surface area contributed by atoms with Crippen molar-refractivity contribution in [3.8, 4) is 0 Å². The summed E-state index contributed by atoms with van der Waals surface area (Å²) >= 11 is 1.64. The van der Waals surface area contributed by atoms with Crippen LogP contribution < -0.4 is 5.32 Å². The van der Waals surface area contributed by atoms with Crippen molar-refractivity contribution in [2.75, 3.05) is 45.6 Å². The molecule has 2 aliphatic rings. The van der Waals surface area contributed by atoms with Crippen LogP contribution in [-0.4, -0.2) is 74.3 Å². The van der Waals surface area contributed by atoms with Crippen LogP contribution in [0.4, 0.5) is 0 Å². The van der Waals surface area contributed by atoms with Crippen molar-refractivity contribution in [3.05, 3.63) is 16.6 Å². The number of sulfonamides is 1. The van der Waals surface area contributed by atoms with Gasteiger partial charge in [0.2, 0.25) is 10.0 Å². The summed E-state index contributed by atoms with van der Waals surface area (Å²) in [6.45, 7) is 3.90. The molecule has 0 aliphatic carbocycles. The Morgan fingerprint density at radius 2 is 2.38 bits per heavy atom. The molecule has 0 bridgehead atoms. The van der Waals surface area contributed by atoms with E-state index < -0.39 is 10.0 Å². The number of aromatic nitrogens is 1. The summed E-state index contributed by atoms with van der Waals surface area (Å²) < 4.78 is 31.2. The molecule has 2 aliphatic heterocycles. The number of thiazole rings is 1. The lowest BCUT2D eigenvalue weighted by Crippen LogP contribution is -2.42. The van der Waals surface area contributed by atoms with E-state index in [-0.39, 0.29) is 12.2 Å². The third kappa shape index (κ3) is 4.14. The molecule has 0 radical (unpaired) electrons. The van der Waals surface area contributed by atoms with Crippen LogP contribution in [0, 0.1) is 0 Å². The maximum atomic E-state index is 12.2. The topological polar surface area (TPSA) is 74.8 Å². The van der Waals surface area contributed by atoms with Crippen LogP contribution in [0.25, 0.3) is 0 Å². The number of rotatable bonds is 8. The van der Waals surface area contributed by atoms with Crippen LogP contribution in [0.1, 0.15) is 30.4 Å². The Labute approximate surface area is 148 Å². The van der Waals surface area contributed by atoms with Gasteiger partial charge < -0.3 is 4.74 Å². The average Bonchev–Trinajstić information content (AvgIpc) is 3.27. The third-order valence-electron chi connectivity index (χ3n) is 4.65. The minimum Gasteiger partial charge on any atom is -0.385 e. The van der Waals surface area contributed by atoms with Gasteiger partial charge >= 0.3 is 0 Å². The normalized spacial score (nSPS) is 26.1. The van der Waals surface area contributed by atoms with Crippen molar-refractivity contribution in [2.45, 2.75) is 31.5 Å². The van der Waals surface area contributed by atoms with E-state index in [0.717, 1.165) is 50.5 Å². The highest BCUT2D eigenvalue weighted by Gasteiger charge is 2.40. The second-order valence-electron chi connectivity index (χ2n) is 6.29. The highest BCUT2D eigenvalue weighted by molar-refractivity contribution is 7.89. The van der Waals surface area contributed by atoms with E-state index >= 15 is 0 Å². The van der Waals surface area contributed by atoms with Crippen LogP contribution in [-0.2, 0) is 14.8 Å². The smallest absolute Gasteiger partial charge is 0.214 e. The molecular formula is C15H26N4O3S2. The Bertz CT molecular complexity index is 608. The molecule has 9 heteroatoms. The highest BCUT2D eigenvalue weighted by Crippen LogP contribution is 2.29. The number of likely N-dealkylation sites (tertiary alicyclic amines) is 1. The van der Waals surface area contributed by atoms with E-state index in [1.54, 1.807) is 22.8 Å². The first-order valence-corrected chi connectivity index (χ1v) is 11.0. The van der Waals surface area contributed by atoms with Crippen molar-refractivity contribution in [3.63, 3.8) is 0 Å². The fraction of sp³-hybridized carbons (Fsp3) is 0.800. The maximum absolute atomic E-state index is 12.2. The molecule has 0 aromatic carbocycles. The van der Waals surface area contributed by atoms with Gasteiger partial charge in [0.15, 0.2) is 0 Å². The zero-order valence-electron chi connectivity index (χ0n) is 14.1. The van der Waals surface area contributed by atoms with Crippen molar-refractivity contribution < 1.29 is 13.2 Å². The molecule has 1 aromatic heterocycles. The molecule has 7 nitrogen and oxygen atoms in total. The van der Waals surface area contributed by atoms with Gasteiger partial charge in [0.25, 0.3) is 0 Å². The quantitative estimate of drug-likeness (QED) is 0.681. The zero-order chi connectivity index (χ0) is 17.0. The van der Waals surface area contributed by atoms with Crippen molar-refractivity contribution in [1.82, 2.24) is 19.5 Å². The fourth-order valence-electron chi connectivity index (χ4n) is 3.50. The van der Waals surface area contributed by atoms with Gasteiger partial charge in [0.05, 0.1) is 5.75 Å². The second kappa shape index (κ2) is 8.20. The average molecular weight is 375 g/mol. The van der Waals surface area contributed by atoms with E-state index in [4.69, 9.17) is 4.74 Å². The predicted molar refractivity (Wildman–Crippen MR) is 94.4 cm³/mol. The third-order valence-corrected chi connectivity index (χ3v) is 7.48. The number of methoxy groups -OCH3 is 1. The molecule has 1 aromatic rings. The van der Waals surface area contributed by atoms with Gasteiger partial charge in [-0.1, -0.05) is 0 Å². The van der Waals surface area contributed by atoms with Crippen LogP contribution in [0.2, 0.25) is 0 Å². The highest BCUT2D eigenvalue weighted by atomic mass is 32.2. The molecule has 24 heavy (non-hydrogen) atoms. The number of hydrogen-bond acceptors (Lipinski definition) is 7. The van der Waals surface area contributed by atoms with Crippen LogP contribution >= 0.6 is 11.3 Å². The summed E-state index contributed by atoms with van der Waals surface area (Å²) in [4.78, 5) is 6.79. The van der Waals surface area contributed by atoms with E-state index in [0.29, 0.717) is 12.3 Å². The second-order valence-corrected chi connectivity index (χ2v) is 9.26.